The predicted molar refractivity (Wildman–Crippen MR) is 101 cm³/mol. The van der Waals surface area contributed by atoms with Gasteiger partial charge in [0.2, 0.25) is 5.82 Å². The van der Waals surface area contributed by atoms with Gasteiger partial charge in [-0.25, -0.2) is 28.5 Å². The smallest absolute Gasteiger partial charge is 0.314 e. The van der Waals surface area contributed by atoms with E-state index < -0.39 is 28.3 Å². The maximum atomic E-state index is 14.1. The lowest BCUT2D eigenvalue weighted by atomic mass is 10.1. The summed E-state index contributed by atoms with van der Waals surface area (Å²) in [6.45, 7) is 2.18. The Balaban J connectivity index is 1.62. The molecule has 11 heteroatoms. The van der Waals surface area contributed by atoms with E-state index in [2.05, 4.69) is 20.3 Å². The molecule has 0 saturated heterocycles. The number of fused-ring (bicyclic) bond motifs is 1. The highest BCUT2D eigenvalue weighted by Crippen LogP contribution is 2.29. The zero-order valence-corrected chi connectivity index (χ0v) is 15.6. The second-order valence-electron chi connectivity index (χ2n) is 6.62. The highest BCUT2D eigenvalue weighted by atomic mass is 19.1. The van der Waals surface area contributed by atoms with Crippen LogP contribution in [-0.4, -0.2) is 30.8 Å². The van der Waals surface area contributed by atoms with E-state index in [1.807, 2.05) is 0 Å². The molecule has 2 amide bonds. The van der Waals surface area contributed by atoms with Gasteiger partial charge in [0, 0.05) is 29.5 Å². The summed E-state index contributed by atoms with van der Waals surface area (Å²) in [5.74, 6) is -1.41. The Morgan fingerprint density at radius 1 is 1.20 bits per heavy atom. The molecule has 0 atom stereocenters. The molecule has 0 radical (unpaired) electrons. The van der Waals surface area contributed by atoms with Crippen molar-refractivity contribution >= 4 is 17.5 Å². The molecule has 0 saturated carbocycles. The lowest BCUT2D eigenvalue weighted by Gasteiger charge is -2.16. The number of halogens is 2. The Morgan fingerprint density at radius 3 is 2.73 bits per heavy atom. The summed E-state index contributed by atoms with van der Waals surface area (Å²) < 4.78 is 27.3. The zero-order chi connectivity index (χ0) is 21.4. The van der Waals surface area contributed by atoms with Crippen LogP contribution in [0.25, 0.3) is 11.3 Å². The van der Waals surface area contributed by atoms with Crippen molar-refractivity contribution < 1.29 is 18.5 Å². The molecule has 30 heavy (non-hydrogen) atoms. The molecule has 152 valence electrons. The van der Waals surface area contributed by atoms with Gasteiger partial charge in [-0.05, 0) is 25.1 Å². The van der Waals surface area contributed by atoms with E-state index in [-0.39, 0.29) is 30.2 Å². The van der Waals surface area contributed by atoms with Crippen molar-refractivity contribution in [3.8, 4) is 11.3 Å². The standard InChI is InChI=1S/C19H14F2N6O3/c1-10-22-7-11-8-26(9-16(11)23-10)19(28)25-18-17(27(29)30)5-4-15(24-18)13-3-2-12(20)6-14(13)21/h2-7H,8-9H2,1H3,(H,24,25,28). The van der Waals surface area contributed by atoms with Gasteiger partial charge in [0.15, 0.2) is 0 Å². The monoisotopic (exact) mass is 412 g/mol. The van der Waals surface area contributed by atoms with Crippen LogP contribution in [0.4, 0.5) is 25.1 Å². The first kappa shape index (κ1) is 19.3. The van der Waals surface area contributed by atoms with Crippen LogP contribution in [0.5, 0.6) is 0 Å². The fourth-order valence-electron chi connectivity index (χ4n) is 3.12. The molecular formula is C19H14F2N6O3. The number of aryl methyl sites for hydroxylation is 1. The van der Waals surface area contributed by atoms with Crippen molar-refractivity contribution in [2.75, 3.05) is 5.32 Å². The number of hydrogen-bond donors (Lipinski definition) is 1. The van der Waals surface area contributed by atoms with E-state index in [1.165, 1.54) is 17.0 Å². The van der Waals surface area contributed by atoms with Gasteiger partial charge in [-0.15, -0.1) is 0 Å². The Labute approximate surface area is 168 Å². The largest absolute Gasteiger partial charge is 0.323 e. The second kappa shape index (κ2) is 7.43. The van der Waals surface area contributed by atoms with Gasteiger partial charge in [-0.2, -0.15) is 0 Å². The molecule has 1 N–H and O–H groups in total. The fourth-order valence-corrected chi connectivity index (χ4v) is 3.12. The van der Waals surface area contributed by atoms with Crippen molar-refractivity contribution in [3.05, 3.63) is 75.4 Å². The molecule has 3 heterocycles. The van der Waals surface area contributed by atoms with Crippen LogP contribution in [0, 0.1) is 28.7 Å². The minimum atomic E-state index is -0.877. The number of pyridine rings is 1. The molecule has 0 spiro atoms. The number of carbonyl (C=O) groups is 1. The van der Waals surface area contributed by atoms with Crippen molar-refractivity contribution in [2.24, 2.45) is 0 Å². The van der Waals surface area contributed by atoms with Crippen molar-refractivity contribution in [2.45, 2.75) is 20.0 Å². The number of nitro groups is 1. The van der Waals surface area contributed by atoms with Gasteiger partial charge >= 0.3 is 11.7 Å². The summed E-state index contributed by atoms with van der Waals surface area (Å²) in [6.07, 6.45) is 1.63. The van der Waals surface area contributed by atoms with Gasteiger partial charge in [0.25, 0.3) is 0 Å². The third kappa shape index (κ3) is 3.64. The number of nitrogens with zero attached hydrogens (tertiary/aromatic N) is 5. The molecular weight excluding hydrogens is 398 g/mol. The zero-order valence-electron chi connectivity index (χ0n) is 15.6. The van der Waals surface area contributed by atoms with Crippen molar-refractivity contribution in [1.29, 1.82) is 0 Å². The number of aromatic nitrogens is 3. The van der Waals surface area contributed by atoms with Gasteiger partial charge in [0.1, 0.15) is 17.5 Å². The average Bonchev–Trinajstić information content (AvgIpc) is 3.11. The molecule has 1 aromatic carbocycles. The molecule has 9 nitrogen and oxygen atoms in total. The number of urea groups is 1. The van der Waals surface area contributed by atoms with Gasteiger partial charge in [-0.3, -0.25) is 15.4 Å². The third-order valence-electron chi connectivity index (χ3n) is 4.57. The van der Waals surface area contributed by atoms with E-state index in [4.69, 9.17) is 0 Å². The molecule has 0 aliphatic carbocycles. The van der Waals surface area contributed by atoms with Crippen LogP contribution in [0.2, 0.25) is 0 Å². The predicted octanol–water partition coefficient (Wildman–Crippen LogP) is 3.58. The quantitative estimate of drug-likeness (QED) is 0.520. The molecule has 2 aromatic heterocycles. The van der Waals surface area contributed by atoms with Gasteiger partial charge in [-0.1, -0.05) is 0 Å². The molecule has 0 unspecified atom stereocenters. The summed E-state index contributed by atoms with van der Waals surface area (Å²) in [5, 5.41) is 13.8. The Bertz CT molecular complexity index is 1190. The van der Waals surface area contributed by atoms with Crippen LogP contribution in [0.15, 0.2) is 36.5 Å². The first-order valence-electron chi connectivity index (χ1n) is 8.80. The van der Waals surface area contributed by atoms with Crippen molar-refractivity contribution in [3.63, 3.8) is 0 Å². The summed E-state index contributed by atoms with van der Waals surface area (Å²) >= 11 is 0. The van der Waals surface area contributed by atoms with E-state index in [1.54, 1.807) is 13.1 Å². The second-order valence-corrected chi connectivity index (χ2v) is 6.62. The molecule has 4 rings (SSSR count). The highest BCUT2D eigenvalue weighted by molar-refractivity contribution is 5.91. The summed E-state index contributed by atoms with van der Waals surface area (Å²) in [7, 11) is 0. The minimum Gasteiger partial charge on any atom is -0.314 e. The lowest BCUT2D eigenvalue weighted by Crippen LogP contribution is -2.31. The third-order valence-corrected chi connectivity index (χ3v) is 4.57. The number of carbonyl (C=O) groups excluding carboxylic acids is 1. The van der Waals surface area contributed by atoms with Gasteiger partial charge < -0.3 is 4.90 Å². The Hall–Kier alpha value is -4.02. The van der Waals surface area contributed by atoms with Crippen LogP contribution >= 0.6 is 0 Å². The van der Waals surface area contributed by atoms with Crippen LogP contribution in [0.3, 0.4) is 0 Å². The highest BCUT2D eigenvalue weighted by Gasteiger charge is 2.27. The maximum Gasteiger partial charge on any atom is 0.323 e. The molecule has 3 aromatic rings. The summed E-state index contributed by atoms with van der Waals surface area (Å²) in [6, 6.07) is 4.61. The average molecular weight is 412 g/mol. The maximum absolute atomic E-state index is 14.1. The number of rotatable bonds is 3. The first-order chi connectivity index (χ1) is 14.3. The molecule has 1 aliphatic heterocycles. The van der Waals surface area contributed by atoms with Crippen LogP contribution in [-0.2, 0) is 13.1 Å². The number of nitrogens with one attached hydrogen (secondary N) is 1. The first-order valence-corrected chi connectivity index (χ1v) is 8.80. The topological polar surface area (TPSA) is 114 Å². The number of anilines is 1. The SMILES string of the molecule is Cc1ncc2c(n1)CN(C(=O)Nc1nc(-c3ccc(F)cc3F)ccc1[N+](=O)[O-])C2. The van der Waals surface area contributed by atoms with Crippen LogP contribution in [0.1, 0.15) is 17.1 Å². The van der Waals surface area contributed by atoms with E-state index >= 15 is 0 Å². The number of amides is 2. The normalized spacial score (nSPS) is 12.6. The summed E-state index contributed by atoms with van der Waals surface area (Å²) in [4.78, 5) is 37.1. The van der Waals surface area contributed by atoms with E-state index in [9.17, 15) is 23.7 Å². The van der Waals surface area contributed by atoms with Gasteiger partial charge in [0.05, 0.1) is 29.4 Å². The molecule has 0 bridgehead atoms. The Morgan fingerprint density at radius 2 is 2.00 bits per heavy atom. The summed E-state index contributed by atoms with van der Waals surface area (Å²) in [5.41, 5.74) is 0.977. The van der Waals surface area contributed by atoms with Crippen LogP contribution < -0.4 is 5.32 Å². The molecule has 1 aliphatic rings. The molecule has 0 fully saturated rings. The number of benzene rings is 1. The van der Waals surface area contributed by atoms with E-state index in [0.717, 1.165) is 17.7 Å². The Kier molecular flexibility index (Phi) is 4.78. The van der Waals surface area contributed by atoms with E-state index in [0.29, 0.717) is 17.6 Å². The van der Waals surface area contributed by atoms with Crippen molar-refractivity contribution in [1.82, 2.24) is 19.9 Å². The lowest BCUT2D eigenvalue weighted by molar-refractivity contribution is -0.384. The minimum absolute atomic E-state index is 0.0135. The fraction of sp³-hybridized carbons (Fsp3) is 0.158. The number of hydrogen-bond acceptors (Lipinski definition) is 6.